The third-order valence-corrected chi connectivity index (χ3v) is 4.78. The highest BCUT2D eigenvalue weighted by Gasteiger charge is 2.17. The van der Waals surface area contributed by atoms with Gasteiger partial charge >= 0.3 is 0 Å². The first-order valence-electron chi connectivity index (χ1n) is 10.3. The Hall–Kier alpha value is -3.20. The number of hydrogen-bond donors (Lipinski definition) is 0. The van der Waals surface area contributed by atoms with Crippen molar-refractivity contribution in [3.63, 3.8) is 0 Å². The standard InChI is InChI=1S/C26H26O3/c1-3-16-27-25-21-12-8-9-13-22(21)26(28-17-4-2)24-18-20(14-15-23(24)25)29-19-10-6-5-7-11-19/h5-15,18H,3-4,16-17H2,1-2H3. The van der Waals surface area contributed by atoms with Crippen molar-refractivity contribution < 1.29 is 14.2 Å². The van der Waals surface area contributed by atoms with Crippen molar-refractivity contribution in [3.8, 4) is 23.0 Å². The van der Waals surface area contributed by atoms with Gasteiger partial charge in [-0.05, 0) is 43.2 Å². The Bertz CT molecular complexity index is 1100. The third kappa shape index (κ3) is 4.00. The van der Waals surface area contributed by atoms with E-state index in [1.54, 1.807) is 0 Å². The number of ether oxygens (including phenoxy) is 3. The van der Waals surface area contributed by atoms with E-state index >= 15 is 0 Å². The van der Waals surface area contributed by atoms with Gasteiger partial charge in [0.15, 0.2) is 0 Å². The summed E-state index contributed by atoms with van der Waals surface area (Å²) in [5, 5.41) is 4.20. The Labute approximate surface area is 171 Å². The number of para-hydroxylation sites is 1. The van der Waals surface area contributed by atoms with Crippen LogP contribution in [0, 0.1) is 0 Å². The number of benzene rings is 4. The summed E-state index contributed by atoms with van der Waals surface area (Å²) in [4.78, 5) is 0. The topological polar surface area (TPSA) is 27.7 Å². The summed E-state index contributed by atoms with van der Waals surface area (Å²) >= 11 is 0. The molecule has 4 rings (SSSR count). The highest BCUT2D eigenvalue weighted by Crippen LogP contribution is 2.44. The number of rotatable bonds is 8. The summed E-state index contributed by atoms with van der Waals surface area (Å²) in [6.07, 6.45) is 1.91. The molecule has 0 bridgehead atoms. The van der Waals surface area contributed by atoms with Crippen molar-refractivity contribution in [2.45, 2.75) is 26.7 Å². The fourth-order valence-corrected chi connectivity index (χ4v) is 3.49. The molecule has 0 aliphatic rings. The highest BCUT2D eigenvalue weighted by atomic mass is 16.5. The van der Waals surface area contributed by atoms with Gasteiger partial charge in [0.2, 0.25) is 0 Å². The minimum atomic E-state index is 0.665. The van der Waals surface area contributed by atoms with Gasteiger partial charge in [-0.2, -0.15) is 0 Å². The largest absolute Gasteiger partial charge is 0.492 e. The maximum Gasteiger partial charge on any atom is 0.135 e. The average molecular weight is 386 g/mol. The van der Waals surface area contributed by atoms with Gasteiger partial charge in [-0.3, -0.25) is 0 Å². The Balaban J connectivity index is 1.91. The van der Waals surface area contributed by atoms with Crippen LogP contribution in [-0.4, -0.2) is 13.2 Å². The molecule has 0 saturated heterocycles. The van der Waals surface area contributed by atoms with E-state index < -0.39 is 0 Å². The van der Waals surface area contributed by atoms with Crippen LogP contribution in [0.1, 0.15) is 26.7 Å². The molecule has 0 N–H and O–H groups in total. The average Bonchev–Trinajstić information content (AvgIpc) is 2.77. The molecule has 0 unspecified atom stereocenters. The van der Waals surface area contributed by atoms with Crippen LogP contribution >= 0.6 is 0 Å². The Morgan fingerprint density at radius 3 is 1.72 bits per heavy atom. The predicted molar refractivity (Wildman–Crippen MR) is 120 cm³/mol. The fraction of sp³-hybridized carbons (Fsp3) is 0.231. The summed E-state index contributed by atoms with van der Waals surface area (Å²) in [5.74, 6) is 3.39. The fourth-order valence-electron chi connectivity index (χ4n) is 3.49. The molecule has 0 atom stereocenters. The van der Waals surface area contributed by atoms with Crippen LogP contribution in [0.4, 0.5) is 0 Å². The van der Waals surface area contributed by atoms with E-state index in [0.29, 0.717) is 13.2 Å². The molecule has 0 aromatic heterocycles. The predicted octanol–water partition coefficient (Wildman–Crippen LogP) is 7.36. The molecule has 0 aliphatic heterocycles. The lowest BCUT2D eigenvalue weighted by molar-refractivity contribution is 0.319. The van der Waals surface area contributed by atoms with E-state index in [1.165, 1.54) is 0 Å². The number of fused-ring (bicyclic) bond motifs is 2. The summed E-state index contributed by atoms with van der Waals surface area (Å²) in [6.45, 7) is 5.58. The van der Waals surface area contributed by atoms with Crippen LogP contribution < -0.4 is 14.2 Å². The lowest BCUT2D eigenvalue weighted by Crippen LogP contribution is -2.01. The van der Waals surface area contributed by atoms with Gasteiger partial charge in [-0.1, -0.05) is 56.3 Å². The van der Waals surface area contributed by atoms with Crippen molar-refractivity contribution in [2.75, 3.05) is 13.2 Å². The van der Waals surface area contributed by atoms with Crippen LogP contribution in [0.5, 0.6) is 23.0 Å². The summed E-state index contributed by atoms with van der Waals surface area (Å²) in [6, 6.07) is 24.2. The van der Waals surface area contributed by atoms with Crippen molar-refractivity contribution in [1.29, 1.82) is 0 Å². The van der Waals surface area contributed by atoms with E-state index in [1.807, 2.05) is 48.5 Å². The van der Waals surface area contributed by atoms with Crippen LogP contribution in [-0.2, 0) is 0 Å². The molecule has 0 fully saturated rings. The van der Waals surface area contributed by atoms with Crippen molar-refractivity contribution >= 4 is 21.5 Å². The molecular formula is C26H26O3. The molecule has 3 heteroatoms. The molecule has 29 heavy (non-hydrogen) atoms. The van der Waals surface area contributed by atoms with Gasteiger partial charge in [0.1, 0.15) is 23.0 Å². The van der Waals surface area contributed by atoms with Crippen LogP contribution in [0.3, 0.4) is 0 Å². The van der Waals surface area contributed by atoms with Gasteiger partial charge in [0, 0.05) is 21.5 Å². The molecule has 0 spiro atoms. The zero-order valence-corrected chi connectivity index (χ0v) is 17.0. The maximum absolute atomic E-state index is 6.24. The third-order valence-electron chi connectivity index (χ3n) is 4.78. The van der Waals surface area contributed by atoms with Gasteiger partial charge in [-0.15, -0.1) is 0 Å². The molecule has 4 aromatic carbocycles. The van der Waals surface area contributed by atoms with Crippen LogP contribution in [0.2, 0.25) is 0 Å². The zero-order chi connectivity index (χ0) is 20.1. The number of hydrogen-bond acceptors (Lipinski definition) is 3. The smallest absolute Gasteiger partial charge is 0.135 e. The lowest BCUT2D eigenvalue weighted by atomic mass is 10.00. The van der Waals surface area contributed by atoms with Crippen molar-refractivity contribution in [3.05, 3.63) is 72.8 Å². The van der Waals surface area contributed by atoms with Gasteiger partial charge in [0.25, 0.3) is 0 Å². The SMILES string of the molecule is CCCOc1c2ccccc2c(OCCC)c2cc(Oc3ccccc3)ccc12. The van der Waals surface area contributed by atoms with E-state index in [4.69, 9.17) is 14.2 Å². The van der Waals surface area contributed by atoms with Crippen molar-refractivity contribution in [1.82, 2.24) is 0 Å². The summed E-state index contributed by atoms with van der Waals surface area (Å²) in [7, 11) is 0. The van der Waals surface area contributed by atoms with Gasteiger partial charge < -0.3 is 14.2 Å². The van der Waals surface area contributed by atoms with E-state index in [-0.39, 0.29) is 0 Å². The first-order chi connectivity index (χ1) is 14.3. The lowest BCUT2D eigenvalue weighted by Gasteiger charge is -2.18. The minimum absolute atomic E-state index is 0.665. The molecule has 3 nitrogen and oxygen atoms in total. The molecule has 0 radical (unpaired) electrons. The highest BCUT2D eigenvalue weighted by molar-refractivity contribution is 6.11. The van der Waals surface area contributed by atoms with Crippen LogP contribution in [0.15, 0.2) is 72.8 Å². The second-order valence-corrected chi connectivity index (χ2v) is 7.02. The molecule has 0 amide bonds. The molecule has 4 aromatic rings. The Morgan fingerprint density at radius 1 is 0.552 bits per heavy atom. The molecule has 148 valence electrons. The monoisotopic (exact) mass is 386 g/mol. The quantitative estimate of drug-likeness (QED) is 0.296. The first-order valence-corrected chi connectivity index (χ1v) is 10.3. The normalized spacial score (nSPS) is 11.0. The van der Waals surface area contributed by atoms with Crippen LogP contribution in [0.25, 0.3) is 21.5 Å². The summed E-state index contributed by atoms with van der Waals surface area (Å²) < 4.78 is 18.5. The summed E-state index contributed by atoms with van der Waals surface area (Å²) in [5.41, 5.74) is 0. The van der Waals surface area contributed by atoms with Gasteiger partial charge in [0.05, 0.1) is 13.2 Å². The molecule has 0 saturated carbocycles. The zero-order valence-electron chi connectivity index (χ0n) is 17.0. The Morgan fingerprint density at radius 2 is 1.10 bits per heavy atom. The van der Waals surface area contributed by atoms with E-state index in [2.05, 4.69) is 38.1 Å². The first kappa shape index (κ1) is 19.1. The van der Waals surface area contributed by atoms with E-state index in [0.717, 1.165) is 57.4 Å². The molecular weight excluding hydrogens is 360 g/mol. The second-order valence-electron chi connectivity index (χ2n) is 7.02. The molecule has 0 aliphatic carbocycles. The second kappa shape index (κ2) is 8.87. The van der Waals surface area contributed by atoms with Crippen molar-refractivity contribution in [2.24, 2.45) is 0 Å². The maximum atomic E-state index is 6.24. The van der Waals surface area contributed by atoms with E-state index in [9.17, 15) is 0 Å². The molecule has 0 heterocycles. The van der Waals surface area contributed by atoms with Gasteiger partial charge in [-0.25, -0.2) is 0 Å². The Kier molecular flexibility index (Phi) is 5.85. The minimum Gasteiger partial charge on any atom is -0.492 e.